The molecule has 0 bridgehead atoms. The van der Waals surface area contributed by atoms with E-state index in [9.17, 15) is 0 Å². The first-order valence-electron chi connectivity index (χ1n) is 7.88. The maximum absolute atomic E-state index is 4.49. The van der Waals surface area contributed by atoms with Crippen LogP contribution in [0.5, 0.6) is 0 Å². The number of rotatable bonds is 5. The standard InChI is InChI=1S/C17H21N7/c1-18-17(21-11-15-22-12-23-24(15)2)20-10-8-14-6-3-5-13-7-4-9-19-16(13)14/h3-7,9,12H,8,10-11H2,1-2H3,(H2,18,20,21). The van der Waals surface area contributed by atoms with Gasteiger partial charge in [-0.15, -0.1) is 0 Å². The minimum Gasteiger partial charge on any atom is -0.356 e. The van der Waals surface area contributed by atoms with Crippen molar-refractivity contribution in [2.24, 2.45) is 12.0 Å². The lowest BCUT2D eigenvalue weighted by Gasteiger charge is -2.12. The highest BCUT2D eigenvalue weighted by Crippen LogP contribution is 2.15. The molecule has 0 aliphatic carbocycles. The molecule has 0 amide bonds. The van der Waals surface area contributed by atoms with Gasteiger partial charge in [0.25, 0.3) is 0 Å². The fourth-order valence-corrected chi connectivity index (χ4v) is 2.55. The molecule has 7 nitrogen and oxygen atoms in total. The van der Waals surface area contributed by atoms with Crippen molar-refractivity contribution in [3.8, 4) is 0 Å². The molecule has 1 aromatic carbocycles. The van der Waals surface area contributed by atoms with Crippen LogP contribution in [0.15, 0.2) is 47.8 Å². The Balaban J connectivity index is 1.55. The van der Waals surface area contributed by atoms with Crippen LogP contribution in [0.1, 0.15) is 11.4 Å². The highest BCUT2D eigenvalue weighted by molar-refractivity contribution is 5.82. The fourth-order valence-electron chi connectivity index (χ4n) is 2.55. The van der Waals surface area contributed by atoms with Crippen molar-refractivity contribution in [2.45, 2.75) is 13.0 Å². The van der Waals surface area contributed by atoms with E-state index in [-0.39, 0.29) is 0 Å². The minimum atomic E-state index is 0.575. The lowest BCUT2D eigenvalue weighted by atomic mass is 10.1. The topological polar surface area (TPSA) is 80.0 Å². The summed E-state index contributed by atoms with van der Waals surface area (Å²) < 4.78 is 1.74. The van der Waals surface area contributed by atoms with Crippen LogP contribution < -0.4 is 10.6 Å². The van der Waals surface area contributed by atoms with Crippen LogP contribution in [-0.4, -0.2) is 39.3 Å². The summed E-state index contributed by atoms with van der Waals surface area (Å²) in [5.41, 5.74) is 2.29. The minimum absolute atomic E-state index is 0.575. The number of pyridine rings is 1. The summed E-state index contributed by atoms with van der Waals surface area (Å²) in [5, 5.41) is 11.8. The van der Waals surface area contributed by atoms with Gasteiger partial charge in [-0.3, -0.25) is 14.7 Å². The van der Waals surface area contributed by atoms with Crippen LogP contribution in [-0.2, 0) is 20.0 Å². The summed E-state index contributed by atoms with van der Waals surface area (Å²) in [7, 11) is 3.62. The Morgan fingerprint density at radius 1 is 1.17 bits per heavy atom. The number of aromatic nitrogens is 4. The van der Waals surface area contributed by atoms with Crippen LogP contribution in [0.3, 0.4) is 0 Å². The zero-order valence-electron chi connectivity index (χ0n) is 13.9. The van der Waals surface area contributed by atoms with Gasteiger partial charge in [0.1, 0.15) is 12.2 Å². The number of benzene rings is 1. The molecule has 0 unspecified atom stereocenters. The third kappa shape index (κ3) is 3.68. The predicted molar refractivity (Wildman–Crippen MR) is 94.7 cm³/mol. The normalized spacial score (nSPS) is 11.7. The molecule has 3 rings (SSSR count). The van der Waals surface area contributed by atoms with Crippen molar-refractivity contribution in [3.63, 3.8) is 0 Å². The third-order valence-electron chi connectivity index (χ3n) is 3.85. The van der Waals surface area contributed by atoms with Gasteiger partial charge >= 0.3 is 0 Å². The Morgan fingerprint density at radius 2 is 2.04 bits per heavy atom. The van der Waals surface area contributed by atoms with Crippen molar-refractivity contribution in [1.82, 2.24) is 30.4 Å². The van der Waals surface area contributed by atoms with E-state index in [2.05, 4.69) is 55.0 Å². The van der Waals surface area contributed by atoms with Gasteiger partial charge in [0, 0.05) is 32.2 Å². The second kappa shape index (κ2) is 7.54. The molecule has 24 heavy (non-hydrogen) atoms. The molecule has 2 heterocycles. The van der Waals surface area contributed by atoms with E-state index in [1.807, 2.05) is 19.3 Å². The zero-order valence-corrected chi connectivity index (χ0v) is 13.9. The summed E-state index contributed by atoms with van der Waals surface area (Å²) in [6.07, 6.45) is 4.25. The highest BCUT2D eigenvalue weighted by Gasteiger charge is 2.04. The molecule has 0 atom stereocenters. The molecule has 0 fully saturated rings. The number of guanidine groups is 1. The molecule has 0 aliphatic rings. The van der Waals surface area contributed by atoms with Gasteiger partial charge in [-0.1, -0.05) is 24.3 Å². The first-order chi connectivity index (χ1) is 11.8. The van der Waals surface area contributed by atoms with E-state index in [4.69, 9.17) is 0 Å². The number of aryl methyl sites for hydroxylation is 1. The predicted octanol–water partition coefficient (Wildman–Crippen LogP) is 1.27. The van der Waals surface area contributed by atoms with E-state index in [1.165, 1.54) is 10.9 Å². The first-order valence-corrected chi connectivity index (χ1v) is 7.88. The zero-order chi connectivity index (χ0) is 16.8. The van der Waals surface area contributed by atoms with E-state index < -0.39 is 0 Å². The van der Waals surface area contributed by atoms with Gasteiger partial charge < -0.3 is 10.6 Å². The number of nitrogens with one attached hydrogen (secondary N) is 2. The number of nitrogens with zero attached hydrogens (tertiary/aromatic N) is 5. The van der Waals surface area contributed by atoms with Crippen molar-refractivity contribution < 1.29 is 0 Å². The highest BCUT2D eigenvalue weighted by atomic mass is 15.3. The molecule has 0 radical (unpaired) electrons. The number of hydrogen-bond donors (Lipinski definition) is 2. The van der Waals surface area contributed by atoms with Crippen LogP contribution in [0.4, 0.5) is 0 Å². The second-order valence-electron chi connectivity index (χ2n) is 5.39. The summed E-state index contributed by atoms with van der Waals surface area (Å²) in [6, 6.07) is 10.3. The maximum atomic E-state index is 4.49. The van der Waals surface area contributed by atoms with Gasteiger partial charge in [-0.25, -0.2) is 4.98 Å². The second-order valence-corrected chi connectivity index (χ2v) is 5.39. The smallest absolute Gasteiger partial charge is 0.191 e. The largest absolute Gasteiger partial charge is 0.356 e. The summed E-state index contributed by atoms with van der Waals surface area (Å²) in [4.78, 5) is 12.9. The maximum Gasteiger partial charge on any atom is 0.191 e. The molecule has 0 aliphatic heterocycles. The Bertz CT molecular complexity index is 832. The van der Waals surface area contributed by atoms with Crippen LogP contribution in [0.2, 0.25) is 0 Å². The molecule has 0 saturated carbocycles. The van der Waals surface area contributed by atoms with Crippen molar-refractivity contribution in [1.29, 1.82) is 0 Å². The molecular weight excluding hydrogens is 302 g/mol. The Morgan fingerprint density at radius 3 is 2.83 bits per heavy atom. The number of aliphatic imine (C=N–C) groups is 1. The summed E-state index contributed by atoms with van der Waals surface area (Å²) in [6.45, 7) is 1.35. The van der Waals surface area contributed by atoms with Crippen LogP contribution >= 0.6 is 0 Å². The van der Waals surface area contributed by atoms with Crippen LogP contribution in [0, 0.1) is 0 Å². The average molecular weight is 323 g/mol. The number of para-hydroxylation sites is 1. The van der Waals surface area contributed by atoms with E-state index >= 15 is 0 Å². The quantitative estimate of drug-likeness (QED) is 0.546. The van der Waals surface area contributed by atoms with Gasteiger partial charge in [0.05, 0.1) is 12.1 Å². The number of hydrogen-bond acceptors (Lipinski definition) is 4. The van der Waals surface area contributed by atoms with Crippen molar-refractivity contribution in [2.75, 3.05) is 13.6 Å². The van der Waals surface area contributed by atoms with Gasteiger partial charge in [-0.05, 0) is 18.1 Å². The summed E-state index contributed by atoms with van der Waals surface area (Å²) >= 11 is 0. The lowest BCUT2D eigenvalue weighted by Crippen LogP contribution is -2.38. The Labute approximate surface area is 140 Å². The third-order valence-corrected chi connectivity index (χ3v) is 3.85. The average Bonchev–Trinajstić information content (AvgIpc) is 3.03. The van der Waals surface area contributed by atoms with Crippen LogP contribution in [0.25, 0.3) is 10.9 Å². The number of fused-ring (bicyclic) bond motifs is 1. The lowest BCUT2D eigenvalue weighted by molar-refractivity contribution is 0.672. The molecule has 0 saturated heterocycles. The van der Waals surface area contributed by atoms with E-state index in [1.54, 1.807) is 18.1 Å². The SMILES string of the molecule is CN=C(NCCc1cccc2cccnc12)NCc1ncnn1C. The molecular formula is C17H21N7. The van der Waals surface area contributed by atoms with E-state index in [0.717, 1.165) is 30.3 Å². The van der Waals surface area contributed by atoms with Gasteiger partial charge in [0.15, 0.2) is 5.96 Å². The Kier molecular flexibility index (Phi) is 5.00. The molecule has 124 valence electrons. The summed E-state index contributed by atoms with van der Waals surface area (Å²) in [5.74, 6) is 1.60. The first kappa shape index (κ1) is 15.9. The molecule has 0 spiro atoms. The molecule has 2 aromatic heterocycles. The molecule has 3 aromatic rings. The monoisotopic (exact) mass is 323 g/mol. The molecule has 7 heteroatoms. The molecule has 2 N–H and O–H groups in total. The van der Waals surface area contributed by atoms with Gasteiger partial charge in [0.2, 0.25) is 0 Å². The van der Waals surface area contributed by atoms with Crippen molar-refractivity contribution in [3.05, 3.63) is 54.2 Å². The Hall–Kier alpha value is -2.96. The van der Waals surface area contributed by atoms with Gasteiger partial charge in [-0.2, -0.15) is 5.10 Å². The van der Waals surface area contributed by atoms with Crippen molar-refractivity contribution >= 4 is 16.9 Å². The van der Waals surface area contributed by atoms with E-state index in [0.29, 0.717) is 6.54 Å². The fraction of sp³-hybridized carbons (Fsp3) is 0.294.